The standard InChI is InChI=1S/C12H19BrN2OS/c1-3-15(4-2)7-8-17(16)12-9-10(13)5-6-11(12)14/h5-6,9H,3-4,7-8,14H2,1-2H3. The molecule has 0 aliphatic carbocycles. The third-order valence-electron chi connectivity index (χ3n) is 2.71. The quantitative estimate of drug-likeness (QED) is 0.820. The molecule has 0 amide bonds. The molecule has 1 rings (SSSR count). The van der Waals surface area contributed by atoms with Crippen molar-refractivity contribution in [1.29, 1.82) is 0 Å². The van der Waals surface area contributed by atoms with Gasteiger partial charge >= 0.3 is 0 Å². The predicted octanol–water partition coefficient (Wildman–Crippen LogP) is 2.48. The Morgan fingerprint density at radius 3 is 2.59 bits per heavy atom. The highest BCUT2D eigenvalue weighted by atomic mass is 79.9. The molecule has 3 nitrogen and oxygen atoms in total. The second kappa shape index (κ2) is 7.13. The van der Waals surface area contributed by atoms with Gasteiger partial charge in [-0.3, -0.25) is 4.21 Å². The van der Waals surface area contributed by atoms with Gasteiger partial charge in [-0.1, -0.05) is 29.8 Å². The SMILES string of the molecule is CCN(CC)CCS(=O)c1cc(Br)ccc1N. The number of nitrogen functional groups attached to an aromatic ring is 1. The Labute approximate surface area is 114 Å². The summed E-state index contributed by atoms with van der Waals surface area (Å²) in [6.45, 7) is 7.04. The van der Waals surface area contributed by atoms with Gasteiger partial charge in [0.2, 0.25) is 0 Å². The monoisotopic (exact) mass is 318 g/mol. The lowest BCUT2D eigenvalue weighted by atomic mass is 10.3. The van der Waals surface area contributed by atoms with Crippen LogP contribution in [0.25, 0.3) is 0 Å². The van der Waals surface area contributed by atoms with E-state index in [2.05, 4.69) is 34.7 Å². The molecule has 1 unspecified atom stereocenters. The van der Waals surface area contributed by atoms with Crippen molar-refractivity contribution < 1.29 is 4.21 Å². The van der Waals surface area contributed by atoms with Gasteiger partial charge in [0.15, 0.2) is 0 Å². The lowest BCUT2D eigenvalue weighted by molar-refractivity contribution is 0.323. The highest BCUT2D eigenvalue weighted by Crippen LogP contribution is 2.21. The maximum atomic E-state index is 12.1. The van der Waals surface area contributed by atoms with Crippen molar-refractivity contribution in [3.63, 3.8) is 0 Å². The van der Waals surface area contributed by atoms with Gasteiger partial charge in [0, 0.05) is 22.5 Å². The number of nitrogens with zero attached hydrogens (tertiary/aromatic N) is 1. The minimum Gasteiger partial charge on any atom is -0.398 e. The van der Waals surface area contributed by atoms with E-state index in [1.807, 2.05) is 12.1 Å². The molecule has 1 aromatic carbocycles. The van der Waals surface area contributed by atoms with Crippen molar-refractivity contribution in [3.8, 4) is 0 Å². The van der Waals surface area contributed by atoms with Crippen molar-refractivity contribution in [3.05, 3.63) is 22.7 Å². The van der Waals surface area contributed by atoms with E-state index >= 15 is 0 Å². The van der Waals surface area contributed by atoms with Crippen LogP contribution in [-0.4, -0.2) is 34.5 Å². The lowest BCUT2D eigenvalue weighted by Gasteiger charge is -2.17. The lowest BCUT2D eigenvalue weighted by Crippen LogP contribution is -2.27. The zero-order valence-electron chi connectivity index (χ0n) is 10.3. The molecule has 0 saturated heterocycles. The molecule has 0 saturated carbocycles. The number of hydrogen-bond donors (Lipinski definition) is 1. The van der Waals surface area contributed by atoms with Crippen LogP contribution in [0.2, 0.25) is 0 Å². The van der Waals surface area contributed by atoms with Crippen molar-refractivity contribution in [1.82, 2.24) is 4.90 Å². The normalized spacial score (nSPS) is 12.9. The molecule has 0 bridgehead atoms. The topological polar surface area (TPSA) is 46.3 Å². The fourth-order valence-electron chi connectivity index (χ4n) is 1.57. The number of anilines is 1. The van der Waals surface area contributed by atoms with Gasteiger partial charge in [-0.05, 0) is 31.3 Å². The van der Waals surface area contributed by atoms with Gasteiger partial charge in [0.05, 0.1) is 15.7 Å². The molecule has 0 aliphatic rings. The number of halogens is 1. The molecule has 5 heteroatoms. The first kappa shape index (κ1) is 14.7. The third-order valence-corrected chi connectivity index (χ3v) is 4.60. The Morgan fingerprint density at radius 2 is 2.00 bits per heavy atom. The van der Waals surface area contributed by atoms with Crippen LogP contribution in [0.3, 0.4) is 0 Å². The van der Waals surface area contributed by atoms with E-state index in [4.69, 9.17) is 5.73 Å². The second-order valence-electron chi connectivity index (χ2n) is 3.76. The van der Waals surface area contributed by atoms with Gasteiger partial charge in [0.1, 0.15) is 0 Å². The predicted molar refractivity (Wildman–Crippen MR) is 77.6 cm³/mol. The zero-order chi connectivity index (χ0) is 12.8. The molecule has 0 heterocycles. The Balaban J connectivity index is 2.66. The second-order valence-corrected chi connectivity index (χ2v) is 6.21. The molecule has 0 aliphatic heterocycles. The average molecular weight is 319 g/mol. The van der Waals surface area contributed by atoms with Gasteiger partial charge in [-0.25, -0.2) is 0 Å². The van der Waals surface area contributed by atoms with Crippen LogP contribution in [0.5, 0.6) is 0 Å². The summed E-state index contributed by atoms with van der Waals surface area (Å²) in [5, 5.41) is 0. The van der Waals surface area contributed by atoms with Crippen LogP contribution in [0.15, 0.2) is 27.6 Å². The number of nitrogens with two attached hydrogens (primary N) is 1. The van der Waals surface area contributed by atoms with Crippen LogP contribution in [0, 0.1) is 0 Å². The fraction of sp³-hybridized carbons (Fsp3) is 0.500. The summed E-state index contributed by atoms with van der Waals surface area (Å²) in [4.78, 5) is 2.98. The molecule has 96 valence electrons. The Kier molecular flexibility index (Phi) is 6.16. The van der Waals surface area contributed by atoms with Crippen molar-refractivity contribution in [2.24, 2.45) is 0 Å². The van der Waals surface area contributed by atoms with E-state index in [0.29, 0.717) is 11.4 Å². The molecule has 0 radical (unpaired) electrons. The third kappa shape index (κ3) is 4.41. The fourth-order valence-corrected chi connectivity index (χ4v) is 3.31. The molecule has 0 fully saturated rings. The van der Waals surface area contributed by atoms with Crippen LogP contribution < -0.4 is 5.73 Å². The first-order valence-corrected chi connectivity index (χ1v) is 7.85. The maximum Gasteiger partial charge on any atom is 0.0629 e. The highest BCUT2D eigenvalue weighted by Gasteiger charge is 2.10. The Morgan fingerprint density at radius 1 is 1.35 bits per heavy atom. The van der Waals surface area contributed by atoms with E-state index in [0.717, 1.165) is 29.0 Å². The number of hydrogen-bond acceptors (Lipinski definition) is 3. The molecular weight excluding hydrogens is 300 g/mol. The molecule has 0 aromatic heterocycles. The summed E-state index contributed by atoms with van der Waals surface area (Å²) >= 11 is 3.37. The van der Waals surface area contributed by atoms with E-state index in [1.165, 1.54) is 0 Å². The van der Waals surface area contributed by atoms with Gasteiger partial charge < -0.3 is 10.6 Å². The van der Waals surface area contributed by atoms with Crippen LogP contribution in [0.1, 0.15) is 13.8 Å². The van der Waals surface area contributed by atoms with Crippen LogP contribution >= 0.6 is 15.9 Å². The largest absolute Gasteiger partial charge is 0.398 e. The molecule has 1 atom stereocenters. The van der Waals surface area contributed by atoms with E-state index in [1.54, 1.807) is 6.07 Å². The summed E-state index contributed by atoms with van der Waals surface area (Å²) in [7, 11) is -1.03. The molecule has 17 heavy (non-hydrogen) atoms. The molecule has 0 spiro atoms. The Hall–Kier alpha value is -0.390. The number of benzene rings is 1. The van der Waals surface area contributed by atoms with Crippen LogP contribution in [-0.2, 0) is 10.8 Å². The summed E-state index contributed by atoms with van der Waals surface area (Å²) in [6.07, 6.45) is 0. The maximum absolute atomic E-state index is 12.1. The summed E-state index contributed by atoms with van der Waals surface area (Å²) in [6, 6.07) is 5.49. The van der Waals surface area contributed by atoms with E-state index in [-0.39, 0.29) is 0 Å². The summed E-state index contributed by atoms with van der Waals surface area (Å²) < 4.78 is 13.1. The van der Waals surface area contributed by atoms with E-state index < -0.39 is 10.8 Å². The van der Waals surface area contributed by atoms with Gasteiger partial charge in [-0.15, -0.1) is 0 Å². The first-order valence-electron chi connectivity index (χ1n) is 5.74. The molecule has 1 aromatic rings. The minimum atomic E-state index is -1.03. The van der Waals surface area contributed by atoms with Gasteiger partial charge in [0.25, 0.3) is 0 Å². The van der Waals surface area contributed by atoms with Crippen molar-refractivity contribution in [2.75, 3.05) is 31.1 Å². The smallest absolute Gasteiger partial charge is 0.0629 e. The highest BCUT2D eigenvalue weighted by molar-refractivity contribution is 9.10. The van der Waals surface area contributed by atoms with E-state index in [9.17, 15) is 4.21 Å². The zero-order valence-corrected chi connectivity index (χ0v) is 12.7. The van der Waals surface area contributed by atoms with Crippen molar-refractivity contribution >= 4 is 32.4 Å². The first-order chi connectivity index (χ1) is 8.08. The summed E-state index contributed by atoms with van der Waals surface area (Å²) in [5.74, 6) is 0.627. The molecule has 2 N–H and O–H groups in total. The Bertz CT molecular complexity index is 394. The number of rotatable bonds is 6. The average Bonchev–Trinajstić information content (AvgIpc) is 2.33. The van der Waals surface area contributed by atoms with Crippen LogP contribution in [0.4, 0.5) is 5.69 Å². The van der Waals surface area contributed by atoms with Crippen molar-refractivity contribution in [2.45, 2.75) is 18.7 Å². The minimum absolute atomic E-state index is 0.603. The molecular formula is C12H19BrN2OS. The summed E-state index contributed by atoms with van der Waals surface area (Å²) in [5.41, 5.74) is 6.44. The van der Waals surface area contributed by atoms with Gasteiger partial charge in [-0.2, -0.15) is 0 Å².